The maximum Gasteiger partial charge on any atom is 0.314 e. The fourth-order valence-electron chi connectivity index (χ4n) is 3.33. The van der Waals surface area contributed by atoms with Crippen LogP contribution in [0.5, 0.6) is 0 Å². The molecule has 0 amide bonds. The molecule has 1 aliphatic carbocycles. The van der Waals surface area contributed by atoms with E-state index in [-0.39, 0.29) is 31.1 Å². The number of benzene rings is 1. The van der Waals surface area contributed by atoms with Crippen LogP contribution in [0.2, 0.25) is 0 Å². The van der Waals surface area contributed by atoms with E-state index < -0.39 is 28.4 Å². The zero-order chi connectivity index (χ0) is 23.6. The molecule has 0 bridgehead atoms. The highest BCUT2D eigenvalue weighted by atomic mass is 32.2. The number of sulfonamides is 1. The second-order valence-corrected chi connectivity index (χ2v) is 10.1. The monoisotopic (exact) mass is 494 g/mol. The quantitative estimate of drug-likeness (QED) is 0.442. The Balaban J connectivity index is 0.00000324. The molecule has 4 rings (SSSR count). The first kappa shape index (κ1) is 25.6. The Hall–Kier alpha value is -2.99. The normalized spacial score (nSPS) is 14.8. The lowest BCUT2D eigenvalue weighted by Gasteiger charge is -2.27. The smallest absolute Gasteiger partial charge is 0.314 e. The van der Waals surface area contributed by atoms with Crippen molar-refractivity contribution in [3.8, 4) is 11.5 Å². The third kappa shape index (κ3) is 5.73. The van der Waals surface area contributed by atoms with Gasteiger partial charge in [0.2, 0.25) is 16.0 Å². The van der Waals surface area contributed by atoms with E-state index in [1.807, 2.05) is 38.1 Å². The van der Waals surface area contributed by atoms with E-state index in [1.54, 1.807) is 0 Å². The summed E-state index contributed by atoms with van der Waals surface area (Å²) in [6.45, 7) is 4.35. The van der Waals surface area contributed by atoms with Gasteiger partial charge in [0.05, 0.1) is 16.9 Å². The fourth-order valence-corrected chi connectivity index (χ4v) is 5.20. The van der Waals surface area contributed by atoms with Gasteiger partial charge in [-0.15, -0.1) is 10.2 Å². The SMILES string of the molecule is C.CCN(CC(Nc1ncc(-c2nnc(C(F)F)o2)cn1)c1ccc(C)cc1)S(=O)(=O)C1CC1. The summed E-state index contributed by atoms with van der Waals surface area (Å²) in [6, 6.07) is 7.37. The molecule has 0 radical (unpaired) electrons. The van der Waals surface area contributed by atoms with Gasteiger partial charge in [-0.05, 0) is 25.3 Å². The lowest BCUT2D eigenvalue weighted by Crippen LogP contribution is -2.38. The van der Waals surface area contributed by atoms with Crippen LogP contribution < -0.4 is 5.32 Å². The Morgan fingerprint density at radius 2 is 1.79 bits per heavy atom. The summed E-state index contributed by atoms with van der Waals surface area (Å²) in [6.07, 6.45) is 1.27. The first-order valence-corrected chi connectivity index (χ1v) is 12.0. The second-order valence-electron chi connectivity index (χ2n) is 7.84. The maximum atomic E-state index is 12.8. The molecule has 3 aromatic rings. The largest absolute Gasteiger partial charge is 0.415 e. The predicted octanol–water partition coefficient (Wildman–Crippen LogP) is 4.38. The third-order valence-corrected chi connectivity index (χ3v) is 7.79. The van der Waals surface area contributed by atoms with Gasteiger partial charge in [0.25, 0.3) is 11.8 Å². The van der Waals surface area contributed by atoms with Gasteiger partial charge in [-0.25, -0.2) is 18.4 Å². The minimum absolute atomic E-state index is 0. The number of rotatable bonds is 10. The summed E-state index contributed by atoms with van der Waals surface area (Å²) in [5.74, 6) is -0.638. The number of likely N-dealkylation sites (N-methyl/N-ethyl adjacent to an activating group) is 1. The van der Waals surface area contributed by atoms with E-state index in [2.05, 4.69) is 25.5 Å². The molecule has 1 atom stereocenters. The second kappa shape index (κ2) is 10.5. The van der Waals surface area contributed by atoms with Crippen LogP contribution in [0.4, 0.5) is 14.7 Å². The number of aryl methyl sites for hydroxylation is 1. The number of hydrogen-bond acceptors (Lipinski definition) is 8. The average Bonchev–Trinajstić information content (AvgIpc) is 3.55. The van der Waals surface area contributed by atoms with Crippen LogP contribution in [0.25, 0.3) is 11.5 Å². The maximum absolute atomic E-state index is 12.8. The van der Waals surface area contributed by atoms with Gasteiger partial charge in [-0.3, -0.25) is 0 Å². The Labute approximate surface area is 197 Å². The topological polar surface area (TPSA) is 114 Å². The van der Waals surface area contributed by atoms with Gasteiger partial charge < -0.3 is 9.73 Å². The van der Waals surface area contributed by atoms with Crippen LogP contribution in [0.15, 0.2) is 41.1 Å². The number of aromatic nitrogens is 4. The molecule has 34 heavy (non-hydrogen) atoms. The van der Waals surface area contributed by atoms with E-state index in [0.717, 1.165) is 11.1 Å². The summed E-state index contributed by atoms with van der Waals surface area (Å²) in [4.78, 5) is 8.46. The Kier molecular flexibility index (Phi) is 7.93. The highest BCUT2D eigenvalue weighted by molar-refractivity contribution is 7.90. The van der Waals surface area contributed by atoms with Crippen LogP contribution in [-0.4, -0.2) is 51.2 Å². The Bertz CT molecular complexity index is 1180. The predicted molar refractivity (Wildman–Crippen MR) is 124 cm³/mol. The van der Waals surface area contributed by atoms with Crippen molar-refractivity contribution in [2.45, 2.75) is 51.8 Å². The fraction of sp³-hybridized carbons (Fsp3) is 0.455. The van der Waals surface area contributed by atoms with Gasteiger partial charge >= 0.3 is 6.43 Å². The standard InChI is InChI=1S/C21H24F2N6O3S.CH4/c1-3-29(33(30,31)16-8-9-16)12-17(14-6-4-13(2)5-7-14)26-21-24-10-15(11-25-21)19-27-28-20(32-19)18(22)23;/h4-7,10-11,16-18H,3,8-9,12H2,1-2H3,(H,24,25,26);1H4. The van der Waals surface area contributed by atoms with Crippen molar-refractivity contribution < 1.29 is 21.6 Å². The van der Waals surface area contributed by atoms with Crippen LogP contribution in [0, 0.1) is 6.92 Å². The Morgan fingerprint density at radius 1 is 1.15 bits per heavy atom. The summed E-state index contributed by atoms with van der Waals surface area (Å²) >= 11 is 0. The molecule has 1 aromatic carbocycles. The van der Waals surface area contributed by atoms with Crippen LogP contribution in [0.3, 0.4) is 0 Å². The van der Waals surface area contributed by atoms with Crippen molar-refractivity contribution in [3.05, 3.63) is 53.7 Å². The first-order chi connectivity index (χ1) is 15.8. The summed E-state index contributed by atoms with van der Waals surface area (Å²) in [5.41, 5.74) is 2.26. The molecule has 1 unspecified atom stereocenters. The number of nitrogens with zero attached hydrogens (tertiary/aromatic N) is 5. The molecule has 9 nitrogen and oxygen atoms in total. The molecule has 12 heteroatoms. The van der Waals surface area contributed by atoms with Crippen LogP contribution >= 0.6 is 0 Å². The van der Waals surface area contributed by atoms with E-state index in [0.29, 0.717) is 24.9 Å². The number of hydrogen-bond donors (Lipinski definition) is 1. The molecule has 0 spiro atoms. The van der Waals surface area contributed by atoms with Crippen molar-refractivity contribution in [1.29, 1.82) is 0 Å². The zero-order valence-electron chi connectivity index (χ0n) is 18.1. The Morgan fingerprint density at radius 3 is 2.32 bits per heavy atom. The molecule has 1 N–H and O–H groups in total. The van der Waals surface area contributed by atoms with Crippen molar-refractivity contribution in [1.82, 2.24) is 24.5 Å². The molecule has 1 saturated carbocycles. The van der Waals surface area contributed by atoms with E-state index in [9.17, 15) is 17.2 Å². The highest BCUT2D eigenvalue weighted by Gasteiger charge is 2.40. The molecular formula is C22H28F2N6O3S. The molecule has 1 fully saturated rings. The minimum atomic E-state index is -3.37. The summed E-state index contributed by atoms with van der Waals surface area (Å²) in [7, 11) is -3.37. The number of alkyl halides is 2. The van der Waals surface area contributed by atoms with E-state index in [1.165, 1.54) is 16.7 Å². The van der Waals surface area contributed by atoms with Gasteiger partial charge in [0, 0.05) is 25.5 Å². The number of nitrogens with one attached hydrogen (secondary N) is 1. The van der Waals surface area contributed by atoms with Crippen molar-refractivity contribution in [2.75, 3.05) is 18.4 Å². The molecule has 0 aliphatic heterocycles. The van der Waals surface area contributed by atoms with Crippen molar-refractivity contribution >= 4 is 16.0 Å². The molecule has 0 saturated heterocycles. The summed E-state index contributed by atoms with van der Waals surface area (Å²) < 4.78 is 57.4. The lowest BCUT2D eigenvalue weighted by atomic mass is 10.1. The van der Waals surface area contributed by atoms with Gasteiger partial charge in [-0.2, -0.15) is 13.1 Å². The van der Waals surface area contributed by atoms with Crippen LogP contribution in [0.1, 0.15) is 56.7 Å². The third-order valence-electron chi connectivity index (χ3n) is 5.35. The van der Waals surface area contributed by atoms with Crippen LogP contribution in [-0.2, 0) is 10.0 Å². The van der Waals surface area contributed by atoms with E-state index in [4.69, 9.17) is 4.42 Å². The molecule has 2 aromatic heterocycles. The van der Waals surface area contributed by atoms with Gasteiger partial charge in [0.1, 0.15) is 0 Å². The van der Waals surface area contributed by atoms with Gasteiger partial charge in [-0.1, -0.05) is 44.2 Å². The summed E-state index contributed by atoms with van der Waals surface area (Å²) in [5, 5.41) is 9.77. The molecular weight excluding hydrogens is 466 g/mol. The molecule has 2 heterocycles. The number of halogens is 2. The van der Waals surface area contributed by atoms with Gasteiger partial charge in [0.15, 0.2) is 0 Å². The lowest BCUT2D eigenvalue weighted by molar-refractivity contribution is 0.116. The van der Waals surface area contributed by atoms with E-state index >= 15 is 0 Å². The minimum Gasteiger partial charge on any atom is -0.415 e. The first-order valence-electron chi connectivity index (χ1n) is 10.5. The molecule has 1 aliphatic rings. The number of anilines is 1. The van der Waals surface area contributed by atoms with Crippen molar-refractivity contribution in [3.63, 3.8) is 0 Å². The highest BCUT2D eigenvalue weighted by Crippen LogP contribution is 2.32. The average molecular weight is 495 g/mol. The molecule has 184 valence electrons. The zero-order valence-corrected chi connectivity index (χ0v) is 19.0. The van der Waals surface area contributed by atoms with Crippen molar-refractivity contribution in [2.24, 2.45) is 0 Å².